The van der Waals surface area contributed by atoms with Crippen LogP contribution in [0.1, 0.15) is 9.67 Å². The molecule has 0 spiro atoms. The topological polar surface area (TPSA) is 104 Å². The van der Waals surface area contributed by atoms with E-state index in [1.54, 1.807) is 17.0 Å². The van der Waals surface area contributed by atoms with E-state index in [0.29, 0.717) is 15.8 Å². The third-order valence-electron chi connectivity index (χ3n) is 3.40. The fourth-order valence-electron chi connectivity index (χ4n) is 2.29. The number of aliphatic carboxylic acids is 1. The summed E-state index contributed by atoms with van der Waals surface area (Å²) in [5, 5.41) is 8.85. The van der Waals surface area contributed by atoms with Gasteiger partial charge in [0.05, 0.1) is 28.2 Å². The normalized spacial score (nSPS) is 18.8. The smallest absolute Gasteiger partial charge is 0.318 e. The number of carbonyl (C=O) groups excluding carboxylic acids is 1. The Labute approximate surface area is 148 Å². The van der Waals surface area contributed by atoms with Gasteiger partial charge in [-0.05, 0) is 12.1 Å². The van der Waals surface area contributed by atoms with Gasteiger partial charge in [0.2, 0.25) is 10.0 Å². The molecule has 0 aromatic carbocycles. The SMILES string of the molecule is CS(=O)(=O)N(CC(=O)O)C[C@H]1CN(C(=O)c2ccc(Cl)s2)CCO1. The van der Waals surface area contributed by atoms with Gasteiger partial charge in [-0.1, -0.05) is 11.6 Å². The number of hydrogen-bond acceptors (Lipinski definition) is 6. The van der Waals surface area contributed by atoms with Crippen molar-refractivity contribution in [1.29, 1.82) is 0 Å². The lowest BCUT2D eigenvalue weighted by atomic mass is 10.2. The molecule has 1 aromatic heterocycles. The molecule has 0 unspecified atom stereocenters. The number of amides is 1. The molecule has 0 aliphatic carbocycles. The summed E-state index contributed by atoms with van der Waals surface area (Å²) < 4.78 is 30.2. The average molecular weight is 397 g/mol. The summed E-state index contributed by atoms with van der Waals surface area (Å²) in [4.78, 5) is 25.3. The van der Waals surface area contributed by atoms with Gasteiger partial charge in [0, 0.05) is 19.6 Å². The molecule has 1 aromatic rings. The van der Waals surface area contributed by atoms with Gasteiger partial charge in [0.1, 0.15) is 6.54 Å². The van der Waals surface area contributed by atoms with Gasteiger partial charge in [-0.25, -0.2) is 8.42 Å². The number of hydrogen-bond donors (Lipinski definition) is 1. The highest BCUT2D eigenvalue weighted by atomic mass is 35.5. The second kappa shape index (κ2) is 7.79. The van der Waals surface area contributed by atoms with Gasteiger partial charge in [-0.2, -0.15) is 4.31 Å². The van der Waals surface area contributed by atoms with Crippen molar-refractivity contribution in [2.45, 2.75) is 6.10 Å². The molecule has 11 heteroatoms. The molecule has 1 atom stereocenters. The van der Waals surface area contributed by atoms with E-state index in [-0.39, 0.29) is 25.6 Å². The maximum absolute atomic E-state index is 12.4. The monoisotopic (exact) mass is 396 g/mol. The molecule has 24 heavy (non-hydrogen) atoms. The van der Waals surface area contributed by atoms with Gasteiger partial charge in [-0.15, -0.1) is 11.3 Å². The second-order valence-electron chi connectivity index (χ2n) is 5.30. The van der Waals surface area contributed by atoms with E-state index >= 15 is 0 Å². The van der Waals surface area contributed by atoms with Crippen molar-refractivity contribution in [3.8, 4) is 0 Å². The third-order valence-corrected chi connectivity index (χ3v) is 5.83. The molecule has 2 heterocycles. The summed E-state index contributed by atoms with van der Waals surface area (Å²) >= 11 is 7.00. The Hall–Kier alpha value is -1.20. The van der Waals surface area contributed by atoms with Crippen LogP contribution in [0.3, 0.4) is 0 Å². The molecule has 1 aliphatic heterocycles. The van der Waals surface area contributed by atoms with Crippen LogP contribution in [0.25, 0.3) is 0 Å². The van der Waals surface area contributed by atoms with E-state index < -0.39 is 28.6 Å². The van der Waals surface area contributed by atoms with Crippen LogP contribution in [0.4, 0.5) is 0 Å². The summed E-state index contributed by atoms with van der Waals surface area (Å²) in [6.45, 7) is 0.0378. The predicted molar refractivity (Wildman–Crippen MR) is 89.0 cm³/mol. The fraction of sp³-hybridized carbons (Fsp3) is 0.538. The summed E-state index contributed by atoms with van der Waals surface area (Å²) in [5.41, 5.74) is 0. The van der Waals surface area contributed by atoms with E-state index in [1.165, 1.54) is 11.3 Å². The first-order valence-electron chi connectivity index (χ1n) is 7.00. The predicted octanol–water partition coefficient (Wildman–Crippen LogP) is 0.589. The minimum atomic E-state index is -3.69. The van der Waals surface area contributed by atoms with Crippen LogP contribution in [0.5, 0.6) is 0 Å². The van der Waals surface area contributed by atoms with Gasteiger partial charge in [0.15, 0.2) is 0 Å². The summed E-state index contributed by atoms with van der Waals surface area (Å²) in [5.74, 6) is -1.46. The van der Waals surface area contributed by atoms with Crippen molar-refractivity contribution in [2.75, 3.05) is 39.0 Å². The molecular weight excluding hydrogens is 380 g/mol. The van der Waals surface area contributed by atoms with E-state index in [4.69, 9.17) is 21.4 Å². The summed E-state index contributed by atoms with van der Waals surface area (Å²) in [6, 6.07) is 3.27. The van der Waals surface area contributed by atoms with Crippen molar-refractivity contribution in [3.05, 3.63) is 21.3 Å². The molecule has 0 bridgehead atoms. The van der Waals surface area contributed by atoms with Gasteiger partial charge in [0.25, 0.3) is 5.91 Å². The lowest BCUT2D eigenvalue weighted by Crippen LogP contribution is -2.51. The Morgan fingerprint density at radius 1 is 1.50 bits per heavy atom. The number of sulfonamides is 1. The first-order chi connectivity index (χ1) is 11.2. The Bertz CT molecular complexity index is 720. The average Bonchev–Trinajstić information content (AvgIpc) is 2.91. The van der Waals surface area contributed by atoms with Gasteiger partial charge in [-0.3, -0.25) is 9.59 Å². The van der Waals surface area contributed by atoms with E-state index in [1.807, 2.05) is 0 Å². The number of ether oxygens (including phenoxy) is 1. The molecule has 0 radical (unpaired) electrons. The number of halogens is 1. The number of carboxylic acid groups (broad SMARTS) is 1. The van der Waals surface area contributed by atoms with Crippen molar-refractivity contribution in [3.63, 3.8) is 0 Å². The van der Waals surface area contributed by atoms with E-state index in [2.05, 4.69) is 0 Å². The molecule has 8 nitrogen and oxygen atoms in total. The largest absolute Gasteiger partial charge is 0.480 e. The van der Waals surface area contributed by atoms with Crippen molar-refractivity contribution >= 4 is 44.8 Å². The minimum absolute atomic E-state index is 0.125. The number of morpholine rings is 1. The molecule has 1 N–H and O–H groups in total. The number of thiophene rings is 1. The van der Waals surface area contributed by atoms with Crippen molar-refractivity contribution < 1.29 is 27.9 Å². The van der Waals surface area contributed by atoms with Gasteiger partial charge < -0.3 is 14.7 Å². The van der Waals surface area contributed by atoms with E-state index in [9.17, 15) is 18.0 Å². The highest BCUT2D eigenvalue weighted by Gasteiger charge is 2.30. The molecule has 1 amide bonds. The number of carboxylic acids is 1. The number of nitrogens with zero attached hydrogens (tertiary/aromatic N) is 2. The summed E-state index contributed by atoms with van der Waals surface area (Å²) in [7, 11) is -3.69. The quantitative estimate of drug-likeness (QED) is 0.754. The Morgan fingerprint density at radius 3 is 2.75 bits per heavy atom. The highest BCUT2D eigenvalue weighted by molar-refractivity contribution is 7.88. The Balaban J connectivity index is 2.04. The van der Waals surface area contributed by atoms with Crippen molar-refractivity contribution in [1.82, 2.24) is 9.21 Å². The standard InChI is InChI=1S/C13H17ClN2O6S2/c1-24(20,21)16(8-12(17)18)7-9-6-15(4-5-22-9)13(19)10-2-3-11(14)23-10/h2-3,9H,4-8H2,1H3,(H,17,18)/t9-/m1/s1. The molecule has 1 fully saturated rings. The first kappa shape index (κ1) is 19.1. The second-order valence-corrected chi connectivity index (χ2v) is 8.99. The molecule has 1 saturated heterocycles. The van der Waals surface area contributed by atoms with E-state index in [0.717, 1.165) is 10.6 Å². The van der Waals surface area contributed by atoms with Crippen LogP contribution in [-0.4, -0.2) is 79.8 Å². The zero-order chi connectivity index (χ0) is 17.9. The van der Waals surface area contributed by atoms with Crippen LogP contribution in [0.2, 0.25) is 4.34 Å². The highest BCUT2D eigenvalue weighted by Crippen LogP contribution is 2.23. The van der Waals surface area contributed by atoms with Crippen LogP contribution >= 0.6 is 22.9 Å². The summed E-state index contributed by atoms with van der Waals surface area (Å²) in [6.07, 6.45) is 0.349. The zero-order valence-corrected chi connectivity index (χ0v) is 15.2. The zero-order valence-electron chi connectivity index (χ0n) is 12.8. The Morgan fingerprint density at radius 2 is 2.21 bits per heavy atom. The van der Waals surface area contributed by atoms with Crippen LogP contribution in [0.15, 0.2) is 12.1 Å². The lowest BCUT2D eigenvalue weighted by Gasteiger charge is -2.34. The van der Waals surface area contributed by atoms with Gasteiger partial charge >= 0.3 is 5.97 Å². The molecule has 134 valence electrons. The van der Waals surface area contributed by atoms with Crippen LogP contribution in [-0.2, 0) is 19.6 Å². The van der Waals surface area contributed by atoms with Crippen LogP contribution in [0, 0.1) is 0 Å². The number of carbonyl (C=O) groups is 2. The maximum atomic E-state index is 12.4. The van der Waals surface area contributed by atoms with Crippen molar-refractivity contribution in [2.24, 2.45) is 0 Å². The molecule has 0 saturated carbocycles. The third kappa shape index (κ3) is 5.15. The lowest BCUT2D eigenvalue weighted by molar-refractivity contribution is -0.137. The fourth-order valence-corrected chi connectivity index (χ4v) is 4.09. The number of rotatable bonds is 6. The molecular formula is C13H17ClN2O6S2. The van der Waals surface area contributed by atoms with Crippen LogP contribution < -0.4 is 0 Å². The first-order valence-corrected chi connectivity index (χ1v) is 10.0. The molecule has 1 aliphatic rings. The maximum Gasteiger partial charge on any atom is 0.318 e. The molecule has 2 rings (SSSR count). The minimum Gasteiger partial charge on any atom is -0.480 e. The Kier molecular flexibility index (Phi) is 6.21.